The third-order valence-corrected chi connectivity index (χ3v) is 4.45. The van der Waals surface area contributed by atoms with Crippen LogP contribution in [0.25, 0.3) is 0 Å². The molecule has 1 N–H and O–H groups in total. The molecule has 128 valence electrons. The van der Waals surface area contributed by atoms with Crippen LogP contribution in [0.5, 0.6) is 0 Å². The number of aromatic nitrogens is 1. The Kier molecular flexibility index (Phi) is 6.03. The third-order valence-electron chi connectivity index (χ3n) is 3.50. The first-order chi connectivity index (χ1) is 11.3. The van der Waals surface area contributed by atoms with Gasteiger partial charge in [-0.1, -0.05) is 18.2 Å². The van der Waals surface area contributed by atoms with Crippen LogP contribution in [0.1, 0.15) is 17.2 Å². The summed E-state index contributed by atoms with van der Waals surface area (Å²) < 4.78 is 35.5. The van der Waals surface area contributed by atoms with Crippen LogP contribution in [0.3, 0.4) is 0 Å². The molecular formula is C17H19FN2O3S. The second-order valence-corrected chi connectivity index (χ2v) is 7.81. The lowest BCUT2D eigenvalue weighted by molar-refractivity contribution is -0.122. The zero-order valence-corrected chi connectivity index (χ0v) is 14.1. The molecule has 7 heteroatoms. The average molecular weight is 350 g/mol. The lowest BCUT2D eigenvalue weighted by atomic mass is 9.93. The van der Waals surface area contributed by atoms with E-state index in [2.05, 4.69) is 10.3 Å². The molecule has 5 nitrogen and oxygen atoms in total. The van der Waals surface area contributed by atoms with Gasteiger partial charge in [0.15, 0.2) is 0 Å². The highest BCUT2D eigenvalue weighted by Gasteiger charge is 2.22. The van der Waals surface area contributed by atoms with E-state index in [0.717, 1.165) is 11.9 Å². The number of carbonyl (C=O) groups excluding carboxylic acids is 1. The summed E-state index contributed by atoms with van der Waals surface area (Å²) in [5.74, 6) is -1.39. The number of pyridine rings is 1. The first kappa shape index (κ1) is 18.1. The normalized spacial score (nSPS) is 12.6. The van der Waals surface area contributed by atoms with E-state index in [4.69, 9.17) is 0 Å². The fourth-order valence-corrected chi connectivity index (χ4v) is 2.74. The SMILES string of the molecule is CS(=O)(=O)CCNC(=O)C(Cc1ccccn1)c1ccc(F)cc1. The number of benzene rings is 1. The predicted molar refractivity (Wildman–Crippen MR) is 89.8 cm³/mol. The van der Waals surface area contributed by atoms with Crippen LogP contribution in [-0.2, 0) is 21.1 Å². The zero-order valence-electron chi connectivity index (χ0n) is 13.3. The quantitative estimate of drug-likeness (QED) is 0.825. The number of nitrogens with one attached hydrogen (secondary N) is 1. The molecule has 1 heterocycles. The van der Waals surface area contributed by atoms with Crippen molar-refractivity contribution in [1.82, 2.24) is 10.3 Å². The molecule has 2 aromatic rings. The number of hydrogen-bond donors (Lipinski definition) is 1. The van der Waals surface area contributed by atoms with E-state index >= 15 is 0 Å². The lowest BCUT2D eigenvalue weighted by Crippen LogP contribution is -2.34. The first-order valence-electron chi connectivity index (χ1n) is 7.46. The van der Waals surface area contributed by atoms with Gasteiger partial charge in [-0.25, -0.2) is 12.8 Å². The van der Waals surface area contributed by atoms with Crippen molar-refractivity contribution in [3.63, 3.8) is 0 Å². The molecule has 0 saturated carbocycles. The van der Waals surface area contributed by atoms with E-state index in [9.17, 15) is 17.6 Å². The van der Waals surface area contributed by atoms with Gasteiger partial charge in [-0.3, -0.25) is 9.78 Å². The van der Waals surface area contributed by atoms with Gasteiger partial charge in [0.25, 0.3) is 0 Å². The smallest absolute Gasteiger partial charge is 0.227 e. The predicted octanol–water partition coefficient (Wildman–Crippen LogP) is 1.71. The maximum Gasteiger partial charge on any atom is 0.227 e. The molecule has 0 fully saturated rings. The Morgan fingerprint density at radius 3 is 2.50 bits per heavy atom. The molecule has 0 aliphatic carbocycles. The highest BCUT2D eigenvalue weighted by molar-refractivity contribution is 7.90. The standard InChI is InChI=1S/C17H19FN2O3S/c1-24(22,23)11-10-20-17(21)16(12-15-4-2-3-9-19-15)13-5-7-14(18)8-6-13/h2-9,16H,10-12H2,1H3,(H,20,21). The summed E-state index contributed by atoms with van der Waals surface area (Å²) in [6, 6.07) is 11.1. The molecular weight excluding hydrogens is 331 g/mol. The average Bonchev–Trinajstić information content (AvgIpc) is 2.53. The van der Waals surface area contributed by atoms with Crippen molar-refractivity contribution in [2.75, 3.05) is 18.6 Å². The van der Waals surface area contributed by atoms with E-state index in [-0.39, 0.29) is 24.0 Å². The summed E-state index contributed by atoms with van der Waals surface area (Å²) in [5.41, 5.74) is 1.38. The van der Waals surface area contributed by atoms with Crippen LogP contribution in [0.15, 0.2) is 48.7 Å². The van der Waals surface area contributed by atoms with Crippen molar-refractivity contribution in [2.24, 2.45) is 0 Å². The molecule has 2 rings (SSSR count). The minimum atomic E-state index is -3.15. The molecule has 0 radical (unpaired) electrons. The fourth-order valence-electron chi connectivity index (χ4n) is 2.27. The number of sulfone groups is 1. The Morgan fingerprint density at radius 1 is 1.21 bits per heavy atom. The molecule has 0 spiro atoms. The number of carbonyl (C=O) groups is 1. The van der Waals surface area contributed by atoms with E-state index in [1.165, 1.54) is 12.1 Å². The Balaban J connectivity index is 2.15. The summed E-state index contributed by atoms with van der Waals surface area (Å²) in [6.45, 7) is 0.0393. The third kappa shape index (κ3) is 5.73. The lowest BCUT2D eigenvalue weighted by Gasteiger charge is -2.17. The molecule has 0 bridgehead atoms. The molecule has 1 atom stereocenters. The molecule has 24 heavy (non-hydrogen) atoms. The maximum atomic E-state index is 13.1. The molecule has 1 unspecified atom stereocenters. The largest absolute Gasteiger partial charge is 0.355 e. The van der Waals surface area contributed by atoms with E-state index in [1.54, 1.807) is 30.5 Å². The van der Waals surface area contributed by atoms with Crippen molar-refractivity contribution in [1.29, 1.82) is 0 Å². The van der Waals surface area contributed by atoms with Gasteiger partial charge in [0.05, 0.1) is 11.7 Å². The summed E-state index contributed by atoms with van der Waals surface area (Å²) in [6.07, 6.45) is 3.10. The summed E-state index contributed by atoms with van der Waals surface area (Å²) in [5, 5.41) is 2.63. The van der Waals surface area contributed by atoms with Crippen LogP contribution in [0, 0.1) is 5.82 Å². The van der Waals surface area contributed by atoms with Gasteiger partial charge in [0.1, 0.15) is 15.7 Å². The van der Waals surface area contributed by atoms with Gasteiger partial charge in [-0.2, -0.15) is 0 Å². The maximum absolute atomic E-state index is 13.1. The minimum absolute atomic E-state index is 0.0393. The molecule has 1 aromatic carbocycles. The van der Waals surface area contributed by atoms with Crippen molar-refractivity contribution >= 4 is 15.7 Å². The van der Waals surface area contributed by atoms with Crippen molar-refractivity contribution in [2.45, 2.75) is 12.3 Å². The number of rotatable bonds is 7. The molecule has 0 aliphatic rings. The highest BCUT2D eigenvalue weighted by atomic mass is 32.2. The minimum Gasteiger partial charge on any atom is -0.355 e. The summed E-state index contributed by atoms with van der Waals surface area (Å²) in [4.78, 5) is 16.7. The van der Waals surface area contributed by atoms with Crippen molar-refractivity contribution < 1.29 is 17.6 Å². The van der Waals surface area contributed by atoms with Gasteiger partial charge in [0, 0.05) is 31.1 Å². The zero-order chi connectivity index (χ0) is 17.6. The first-order valence-corrected chi connectivity index (χ1v) is 9.52. The number of hydrogen-bond acceptors (Lipinski definition) is 4. The van der Waals surface area contributed by atoms with E-state index < -0.39 is 15.8 Å². The fraction of sp³-hybridized carbons (Fsp3) is 0.294. The Hall–Kier alpha value is -2.28. The van der Waals surface area contributed by atoms with Crippen LogP contribution in [0.2, 0.25) is 0 Å². The van der Waals surface area contributed by atoms with Gasteiger partial charge in [0.2, 0.25) is 5.91 Å². The van der Waals surface area contributed by atoms with Crippen LogP contribution >= 0.6 is 0 Å². The Morgan fingerprint density at radius 2 is 1.92 bits per heavy atom. The summed E-state index contributed by atoms with van der Waals surface area (Å²) in [7, 11) is -3.15. The van der Waals surface area contributed by atoms with Crippen LogP contribution < -0.4 is 5.32 Å². The molecule has 1 aromatic heterocycles. The molecule has 1 amide bonds. The Bertz CT molecular complexity index is 777. The second-order valence-electron chi connectivity index (χ2n) is 5.55. The Labute approximate surface area is 140 Å². The molecule has 0 aliphatic heterocycles. The highest BCUT2D eigenvalue weighted by Crippen LogP contribution is 2.21. The van der Waals surface area contributed by atoms with E-state index in [1.807, 2.05) is 6.07 Å². The van der Waals surface area contributed by atoms with Crippen molar-refractivity contribution in [3.05, 3.63) is 65.7 Å². The topological polar surface area (TPSA) is 76.1 Å². The summed E-state index contributed by atoms with van der Waals surface area (Å²) >= 11 is 0. The van der Waals surface area contributed by atoms with Gasteiger partial charge in [-0.15, -0.1) is 0 Å². The van der Waals surface area contributed by atoms with E-state index in [0.29, 0.717) is 12.0 Å². The number of amides is 1. The number of halogens is 1. The monoisotopic (exact) mass is 350 g/mol. The van der Waals surface area contributed by atoms with Crippen LogP contribution in [-0.4, -0.2) is 37.9 Å². The second kappa shape index (κ2) is 8.01. The van der Waals surface area contributed by atoms with Crippen molar-refractivity contribution in [3.8, 4) is 0 Å². The van der Waals surface area contributed by atoms with Gasteiger partial charge < -0.3 is 5.32 Å². The number of nitrogens with zero attached hydrogens (tertiary/aromatic N) is 1. The van der Waals surface area contributed by atoms with Gasteiger partial charge >= 0.3 is 0 Å². The van der Waals surface area contributed by atoms with Gasteiger partial charge in [-0.05, 0) is 29.8 Å². The van der Waals surface area contributed by atoms with Crippen LogP contribution in [0.4, 0.5) is 4.39 Å². The molecule has 0 saturated heterocycles.